The molecule has 0 saturated carbocycles. The van der Waals surface area contributed by atoms with Gasteiger partial charge < -0.3 is 14.8 Å². The fourth-order valence-corrected chi connectivity index (χ4v) is 2.44. The molecule has 1 aliphatic heterocycles. The molecule has 6 heteroatoms. The van der Waals surface area contributed by atoms with Gasteiger partial charge in [0, 0.05) is 26.1 Å². The van der Waals surface area contributed by atoms with Crippen LogP contribution in [-0.2, 0) is 17.7 Å². The van der Waals surface area contributed by atoms with Crippen LogP contribution in [0.5, 0.6) is 0 Å². The summed E-state index contributed by atoms with van der Waals surface area (Å²) < 4.78 is 5.31. The number of hydrogen-bond donors (Lipinski definition) is 2. The van der Waals surface area contributed by atoms with Crippen molar-refractivity contribution in [2.45, 2.75) is 38.8 Å². The first kappa shape index (κ1) is 14.8. The zero-order valence-electron chi connectivity index (χ0n) is 11.4. The van der Waals surface area contributed by atoms with Gasteiger partial charge in [0.1, 0.15) is 5.82 Å². The number of nitrogens with one attached hydrogen (secondary N) is 1. The number of aromatic nitrogens is 2. The van der Waals surface area contributed by atoms with Crippen molar-refractivity contribution in [1.82, 2.24) is 14.9 Å². The SMILES string of the molecule is CCCCc1nc(Cl)c(CN2CCOC[C@H](O)C2)[nH]1. The Morgan fingerprint density at radius 2 is 2.42 bits per heavy atom. The van der Waals surface area contributed by atoms with Crippen LogP contribution in [0.3, 0.4) is 0 Å². The Kier molecular flexibility index (Phi) is 5.63. The Labute approximate surface area is 118 Å². The number of aryl methyl sites for hydroxylation is 1. The fourth-order valence-electron chi connectivity index (χ4n) is 2.23. The Morgan fingerprint density at radius 3 is 3.21 bits per heavy atom. The molecule has 0 spiro atoms. The second-order valence-electron chi connectivity index (χ2n) is 5.02. The van der Waals surface area contributed by atoms with Crippen molar-refractivity contribution >= 4 is 11.6 Å². The van der Waals surface area contributed by atoms with Crippen molar-refractivity contribution < 1.29 is 9.84 Å². The van der Waals surface area contributed by atoms with Crippen molar-refractivity contribution in [1.29, 1.82) is 0 Å². The van der Waals surface area contributed by atoms with Crippen LogP contribution in [0.15, 0.2) is 0 Å². The number of ether oxygens (including phenoxy) is 1. The molecule has 2 heterocycles. The molecule has 2 rings (SSSR count). The average Bonchev–Trinajstić information content (AvgIpc) is 2.58. The lowest BCUT2D eigenvalue weighted by Crippen LogP contribution is -2.32. The zero-order chi connectivity index (χ0) is 13.7. The van der Waals surface area contributed by atoms with Crippen LogP contribution in [-0.4, -0.2) is 52.4 Å². The average molecular weight is 288 g/mol. The largest absolute Gasteiger partial charge is 0.389 e. The van der Waals surface area contributed by atoms with Gasteiger partial charge in [0.05, 0.1) is 25.0 Å². The fraction of sp³-hybridized carbons (Fsp3) is 0.769. The molecule has 1 saturated heterocycles. The molecule has 1 aliphatic rings. The van der Waals surface area contributed by atoms with E-state index < -0.39 is 6.10 Å². The van der Waals surface area contributed by atoms with Crippen LogP contribution < -0.4 is 0 Å². The van der Waals surface area contributed by atoms with Crippen molar-refractivity contribution in [2.75, 3.05) is 26.3 Å². The van der Waals surface area contributed by atoms with Crippen molar-refractivity contribution in [3.8, 4) is 0 Å². The summed E-state index contributed by atoms with van der Waals surface area (Å²) in [4.78, 5) is 9.78. The predicted octanol–water partition coefficient (Wildman–Crippen LogP) is 1.60. The predicted molar refractivity (Wildman–Crippen MR) is 74.3 cm³/mol. The Bertz CT molecular complexity index is 397. The van der Waals surface area contributed by atoms with Crippen LogP contribution in [0, 0.1) is 0 Å². The number of unbranched alkanes of at least 4 members (excludes halogenated alkanes) is 1. The monoisotopic (exact) mass is 287 g/mol. The number of imidazole rings is 1. The van der Waals surface area contributed by atoms with Gasteiger partial charge in [-0.15, -0.1) is 0 Å². The second-order valence-corrected chi connectivity index (χ2v) is 5.38. The Morgan fingerprint density at radius 1 is 1.58 bits per heavy atom. The molecule has 0 unspecified atom stereocenters. The molecule has 5 nitrogen and oxygen atoms in total. The van der Waals surface area contributed by atoms with Gasteiger partial charge >= 0.3 is 0 Å². The molecule has 0 aliphatic carbocycles. The molecule has 0 amide bonds. The molecule has 108 valence electrons. The van der Waals surface area contributed by atoms with Gasteiger partial charge in [-0.25, -0.2) is 4.98 Å². The van der Waals surface area contributed by atoms with Gasteiger partial charge in [-0.05, 0) is 6.42 Å². The number of aromatic amines is 1. The molecule has 0 radical (unpaired) electrons. The van der Waals surface area contributed by atoms with E-state index in [0.717, 1.165) is 37.3 Å². The molecule has 19 heavy (non-hydrogen) atoms. The standard InChI is InChI=1S/C13H22ClN3O2/c1-2-3-4-12-15-11(13(14)16-12)8-17-5-6-19-9-10(18)7-17/h10,18H,2-9H2,1H3,(H,15,16)/t10-/m1/s1. The third-order valence-electron chi connectivity index (χ3n) is 3.26. The topological polar surface area (TPSA) is 61.4 Å². The number of aliphatic hydroxyl groups is 1. The van der Waals surface area contributed by atoms with Crippen molar-refractivity contribution in [3.63, 3.8) is 0 Å². The van der Waals surface area contributed by atoms with Gasteiger partial charge in [0.25, 0.3) is 0 Å². The molecule has 1 aromatic heterocycles. The Balaban J connectivity index is 1.95. The minimum Gasteiger partial charge on any atom is -0.389 e. The number of hydrogen-bond acceptors (Lipinski definition) is 4. The molecule has 2 N–H and O–H groups in total. The number of β-amino-alcohol motifs (C(OH)–C–C–N with tert-alkyl or cyclic N) is 1. The lowest BCUT2D eigenvalue weighted by atomic mass is 10.2. The summed E-state index contributed by atoms with van der Waals surface area (Å²) in [5.74, 6) is 0.952. The van der Waals surface area contributed by atoms with E-state index in [1.54, 1.807) is 0 Å². The summed E-state index contributed by atoms with van der Waals surface area (Å²) in [7, 11) is 0. The molecule has 1 fully saturated rings. The molecular weight excluding hydrogens is 266 g/mol. The number of aliphatic hydroxyl groups excluding tert-OH is 1. The highest BCUT2D eigenvalue weighted by atomic mass is 35.5. The number of halogens is 1. The first-order valence-electron chi connectivity index (χ1n) is 6.90. The summed E-state index contributed by atoms with van der Waals surface area (Å²) in [5, 5.41) is 10.2. The maximum Gasteiger partial charge on any atom is 0.151 e. The summed E-state index contributed by atoms with van der Waals surface area (Å²) in [6.45, 7) is 5.30. The summed E-state index contributed by atoms with van der Waals surface area (Å²) in [5.41, 5.74) is 0.932. The van der Waals surface area contributed by atoms with Crippen LogP contribution >= 0.6 is 11.6 Å². The van der Waals surface area contributed by atoms with Gasteiger partial charge in [-0.1, -0.05) is 24.9 Å². The maximum atomic E-state index is 9.70. The quantitative estimate of drug-likeness (QED) is 0.863. The second kappa shape index (κ2) is 7.24. The highest BCUT2D eigenvalue weighted by Gasteiger charge is 2.18. The van der Waals surface area contributed by atoms with Gasteiger partial charge in [-0.3, -0.25) is 4.90 Å². The van der Waals surface area contributed by atoms with Gasteiger partial charge in [0.2, 0.25) is 0 Å². The smallest absolute Gasteiger partial charge is 0.151 e. The summed E-state index contributed by atoms with van der Waals surface area (Å²) in [6.07, 6.45) is 2.76. The van der Waals surface area contributed by atoms with Crippen molar-refractivity contribution in [3.05, 3.63) is 16.7 Å². The number of H-pyrrole nitrogens is 1. The number of nitrogens with zero attached hydrogens (tertiary/aromatic N) is 2. The van der Waals surface area contributed by atoms with E-state index in [0.29, 0.717) is 31.5 Å². The van der Waals surface area contributed by atoms with Crippen molar-refractivity contribution in [2.24, 2.45) is 0 Å². The van der Waals surface area contributed by atoms with E-state index in [-0.39, 0.29) is 0 Å². The minimum absolute atomic E-state index is 0.412. The van der Waals surface area contributed by atoms with Crippen LogP contribution in [0.25, 0.3) is 0 Å². The van der Waals surface area contributed by atoms with Crippen LogP contribution in [0.1, 0.15) is 31.3 Å². The normalized spacial score (nSPS) is 21.5. The first-order valence-corrected chi connectivity index (χ1v) is 7.28. The van der Waals surface area contributed by atoms with E-state index in [2.05, 4.69) is 21.8 Å². The van der Waals surface area contributed by atoms with E-state index in [9.17, 15) is 5.11 Å². The van der Waals surface area contributed by atoms with E-state index in [4.69, 9.17) is 16.3 Å². The van der Waals surface area contributed by atoms with Gasteiger partial charge in [0.15, 0.2) is 5.15 Å². The molecular formula is C13H22ClN3O2. The van der Waals surface area contributed by atoms with Crippen LogP contribution in [0.4, 0.5) is 0 Å². The highest BCUT2D eigenvalue weighted by molar-refractivity contribution is 6.30. The molecule has 0 bridgehead atoms. The number of rotatable bonds is 5. The third-order valence-corrected chi connectivity index (χ3v) is 3.57. The lowest BCUT2D eigenvalue weighted by Gasteiger charge is -2.19. The van der Waals surface area contributed by atoms with E-state index >= 15 is 0 Å². The Hall–Kier alpha value is -0.620. The third kappa shape index (κ3) is 4.45. The van der Waals surface area contributed by atoms with E-state index in [1.807, 2.05) is 0 Å². The van der Waals surface area contributed by atoms with E-state index in [1.165, 1.54) is 0 Å². The maximum absolute atomic E-state index is 9.70. The van der Waals surface area contributed by atoms with Crippen LogP contribution in [0.2, 0.25) is 5.15 Å². The lowest BCUT2D eigenvalue weighted by molar-refractivity contribution is 0.0562. The molecule has 0 aromatic carbocycles. The summed E-state index contributed by atoms with van der Waals surface area (Å²) in [6, 6.07) is 0. The highest BCUT2D eigenvalue weighted by Crippen LogP contribution is 2.17. The first-order chi connectivity index (χ1) is 9.19. The zero-order valence-corrected chi connectivity index (χ0v) is 12.1. The molecule has 1 atom stereocenters. The summed E-state index contributed by atoms with van der Waals surface area (Å²) >= 11 is 6.16. The molecule has 1 aromatic rings. The van der Waals surface area contributed by atoms with Gasteiger partial charge in [-0.2, -0.15) is 0 Å². The minimum atomic E-state index is -0.427.